The average Bonchev–Trinajstić information content (AvgIpc) is 3.04. The van der Waals surface area contributed by atoms with Crippen LogP contribution < -0.4 is 0 Å². The summed E-state index contributed by atoms with van der Waals surface area (Å²) >= 11 is 5.72. The Morgan fingerprint density at radius 2 is 2.12 bits per heavy atom. The van der Waals surface area contributed by atoms with Gasteiger partial charge in [-0.3, -0.25) is 4.90 Å². The first-order chi connectivity index (χ1) is 7.65. The van der Waals surface area contributed by atoms with Gasteiger partial charge in [0.15, 0.2) is 5.15 Å². The molecule has 0 unspecified atom stereocenters. The summed E-state index contributed by atoms with van der Waals surface area (Å²) in [5.74, 6) is 0.905. The van der Waals surface area contributed by atoms with Crippen molar-refractivity contribution in [3.63, 3.8) is 0 Å². The minimum Gasteiger partial charge on any atom is -0.295 e. The van der Waals surface area contributed by atoms with Crippen LogP contribution in [0.2, 0.25) is 5.15 Å². The van der Waals surface area contributed by atoms with Crippen LogP contribution in [0.4, 0.5) is 0 Å². The van der Waals surface area contributed by atoms with E-state index in [9.17, 15) is 0 Å². The van der Waals surface area contributed by atoms with Crippen LogP contribution in [0.3, 0.4) is 0 Å². The molecule has 1 aromatic heterocycles. The highest BCUT2D eigenvalue weighted by Crippen LogP contribution is 2.30. The van der Waals surface area contributed by atoms with Crippen LogP contribution in [0.15, 0.2) is 12.1 Å². The van der Waals surface area contributed by atoms with Gasteiger partial charge in [-0.1, -0.05) is 11.6 Å². The molecule has 0 amide bonds. The summed E-state index contributed by atoms with van der Waals surface area (Å²) in [5.41, 5.74) is 0.999. The molecule has 0 saturated heterocycles. The third kappa shape index (κ3) is 3.42. The molecular weight excluding hydrogens is 222 g/mol. The summed E-state index contributed by atoms with van der Waals surface area (Å²) in [6.07, 6.45) is 2.77. The maximum atomic E-state index is 5.72. The van der Waals surface area contributed by atoms with Gasteiger partial charge in [-0.05, 0) is 44.7 Å². The van der Waals surface area contributed by atoms with Gasteiger partial charge in [-0.2, -0.15) is 5.10 Å². The maximum Gasteiger partial charge on any atom is 0.151 e. The monoisotopic (exact) mass is 239 g/mol. The van der Waals surface area contributed by atoms with Gasteiger partial charge in [0.05, 0.1) is 5.69 Å². The molecule has 0 N–H and O–H groups in total. The smallest absolute Gasteiger partial charge is 0.151 e. The van der Waals surface area contributed by atoms with E-state index in [4.69, 9.17) is 11.6 Å². The summed E-state index contributed by atoms with van der Waals surface area (Å²) in [7, 11) is 0. The van der Waals surface area contributed by atoms with Crippen molar-refractivity contribution >= 4 is 11.6 Å². The van der Waals surface area contributed by atoms with Gasteiger partial charge in [-0.15, -0.1) is 5.10 Å². The van der Waals surface area contributed by atoms with Crippen molar-refractivity contribution in [1.82, 2.24) is 15.1 Å². The third-order valence-corrected chi connectivity index (χ3v) is 3.17. The van der Waals surface area contributed by atoms with E-state index >= 15 is 0 Å². The number of halogens is 1. The fourth-order valence-corrected chi connectivity index (χ4v) is 1.83. The molecule has 1 saturated carbocycles. The van der Waals surface area contributed by atoms with Crippen LogP contribution in [-0.4, -0.2) is 27.7 Å². The molecule has 0 radical (unpaired) electrons. The van der Waals surface area contributed by atoms with Crippen LogP contribution >= 0.6 is 11.6 Å². The van der Waals surface area contributed by atoms with Gasteiger partial charge in [0.1, 0.15) is 0 Å². The van der Waals surface area contributed by atoms with Gasteiger partial charge in [0, 0.05) is 19.1 Å². The van der Waals surface area contributed by atoms with Crippen LogP contribution in [-0.2, 0) is 6.54 Å². The minimum atomic E-state index is 0.460. The van der Waals surface area contributed by atoms with Crippen molar-refractivity contribution in [2.75, 3.05) is 6.54 Å². The molecule has 1 aliphatic carbocycles. The number of hydrogen-bond acceptors (Lipinski definition) is 3. The van der Waals surface area contributed by atoms with Crippen LogP contribution in [0.1, 0.15) is 32.4 Å². The highest BCUT2D eigenvalue weighted by molar-refractivity contribution is 6.29. The topological polar surface area (TPSA) is 29.0 Å². The van der Waals surface area contributed by atoms with Crippen molar-refractivity contribution in [2.24, 2.45) is 5.92 Å². The van der Waals surface area contributed by atoms with Crippen LogP contribution in [0.5, 0.6) is 0 Å². The second-order valence-corrected chi connectivity index (χ2v) is 5.20. The van der Waals surface area contributed by atoms with Crippen LogP contribution in [0, 0.1) is 5.92 Å². The quantitative estimate of drug-likeness (QED) is 0.791. The van der Waals surface area contributed by atoms with Crippen molar-refractivity contribution in [1.29, 1.82) is 0 Å². The normalized spacial score (nSPS) is 16.1. The van der Waals surface area contributed by atoms with E-state index in [1.54, 1.807) is 6.07 Å². The van der Waals surface area contributed by atoms with E-state index in [0.29, 0.717) is 11.2 Å². The molecule has 0 aromatic carbocycles. The Morgan fingerprint density at radius 3 is 2.62 bits per heavy atom. The Hall–Kier alpha value is -0.670. The second kappa shape index (κ2) is 5.11. The lowest BCUT2D eigenvalue weighted by atomic mass is 10.2. The lowest BCUT2D eigenvalue weighted by Gasteiger charge is -2.25. The Morgan fingerprint density at radius 1 is 1.38 bits per heavy atom. The number of aromatic nitrogens is 2. The molecule has 1 aromatic rings. The molecule has 16 heavy (non-hydrogen) atoms. The molecule has 0 spiro atoms. The molecule has 1 fully saturated rings. The molecule has 88 valence electrons. The van der Waals surface area contributed by atoms with E-state index in [2.05, 4.69) is 28.9 Å². The van der Waals surface area contributed by atoms with Crippen molar-refractivity contribution in [3.05, 3.63) is 23.0 Å². The summed E-state index contributed by atoms with van der Waals surface area (Å²) in [5, 5.41) is 8.44. The van der Waals surface area contributed by atoms with E-state index in [-0.39, 0.29) is 0 Å². The Labute approximate surface area is 102 Å². The van der Waals surface area contributed by atoms with Crippen LogP contribution in [0.25, 0.3) is 0 Å². The second-order valence-electron chi connectivity index (χ2n) is 4.81. The van der Waals surface area contributed by atoms with Gasteiger partial charge in [0.2, 0.25) is 0 Å². The lowest BCUT2D eigenvalue weighted by molar-refractivity contribution is 0.201. The first kappa shape index (κ1) is 11.8. The highest BCUT2D eigenvalue weighted by Gasteiger charge is 2.25. The van der Waals surface area contributed by atoms with Gasteiger partial charge in [-0.25, -0.2) is 0 Å². The fourth-order valence-electron chi connectivity index (χ4n) is 1.73. The number of nitrogens with zero attached hydrogens (tertiary/aromatic N) is 3. The summed E-state index contributed by atoms with van der Waals surface area (Å²) in [6, 6.07) is 4.31. The molecule has 0 atom stereocenters. The van der Waals surface area contributed by atoms with Gasteiger partial charge >= 0.3 is 0 Å². The largest absolute Gasteiger partial charge is 0.295 e. The molecule has 3 nitrogen and oxygen atoms in total. The zero-order valence-corrected chi connectivity index (χ0v) is 10.6. The molecule has 0 bridgehead atoms. The molecule has 1 heterocycles. The van der Waals surface area contributed by atoms with Crippen molar-refractivity contribution in [2.45, 2.75) is 39.3 Å². The maximum absolute atomic E-state index is 5.72. The first-order valence-corrected chi connectivity index (χ1v) is 6.25. The number of hydrogen-bond donors (Lipinski definition) is 0. The zero-order valence-electron chi connectivity index (χ0n) is 9.86. The molecule has 0 aliphatic heterocycles. The predicted octanol–water partition coefficient (Wildman–Crippen LogP) is 2.75. The van der Waals surface area contributed by atoms with Gasteiger partial charge < -0.3 is 0 Å². The third-order valence-electron chi connectivity index (χ3n) is 2.97. The summed E-state index contributed by atoms with van der Waals surface area (Å²) in [4.78, 5) is 2.45. The minimum absolute atomic E-state index is 0.460. The number of rotatable bonds is 5. The summed E-state index contributed by atoms with van der Waals surface area (Å²) in [6.45, 7) is 6.51. The van der Waals surface area contributed by atoms with E-state index in [1.165, 1.54) is 19.4 Å². The van der Waals surface area contributed by atoms with E-state index < -0.39 is 0 Å². The van der Waals surface area contributed by atoms with E-state index in [0.717, 1.165) is 18.2 Å². The standard InChI is InChI=1S/C12H18ClN3/c1-9(2)16(7-10-3-4-10)8-11-5-6-12(13)15-14-11/h5-6,9-10H,3-4,7-8H2,1-2H3. The molecule has 1 aliphatic rings. The Bertz CT molecular complexity index is 333. The summed E-state index contributed by atoms with van der Waals surface area (Å²) < 4.78 is 0. The Kier molecular flexibility index (Phi) is 3.77. The molecular formula is C12H18ClN3. The van der Waals surface area contributed by atoms with E-state index in [1.807, 2.05) is 6.07 Å². The van der Waals surface area contributed by atoms with Gasteiger partial charge in [0.25, 0.3) is 0 Å². The SMILES string of the molecule is CC(C)N(Cc1ccc(Cl)nn1)CC1CC1. The highest BCUT2D eigenvalue weighted by atomic mass is 35.5. The van der Waals surface area contributed by atoms with Crippen molar-refractivity contribution < 1.29 is 0 Å². The predicted molar refractivity (Wildman–Crippen MR) is 65.3 cm³/mol. The lowest BCUT2D eigenvalue weighted by Crippen LogP contribution is -2.32. The molecule has 2 rings (SSSR count). The Balaban J connectivity index is 1.95. The molecule has 4 heteroatoms. The first-order valence-electron chi connectivity index (χ1n) is 5.87. The van der Waals surface area contributed by atoms with Crippen molar-refractivity contribution in [3.8, 4) is 0 Å². The fraction of sp³-hybridized carbons (Fsp3) is 0.667. The zero-order chi connectivity index (χ0) is 11.5. The average molecular weight is 240 g/mol.